The third-order valence-corrected chi connectivity index (χ3v) is 3.36. The first-order chi connectivity index (χ1) is 9.71. The Morgan fingerprint density at radius 3 is 2.40 bits per heavy atom. The minimum Gasteiger partial charge on any atom is -0.493 e. The van der Waals surface area contributed by atoms with E-state index in [9.17, 15) is 0 Å². The number of methoxy groups -OCH3 is 2. The van der Waals surface area contributed by atoms with Crippen LogP contribution in [0, 0.1) is 6.92 Å². The summed E-state index contributed by atoms with van der Waals surface area (Å²) in [4.78, 5) is 0. The van der Waals surface area contributed by atoms with Crippen LogP contribution in [0.1, 0.15) is 11.1 Å². The van der Waals surface area contributed by atoms with Crippen LogP contribution >= 0.6 is 0 Å². The lowest BCUT2D eigenvalue weighted by Gasteiger charge is -2.15. The second-order valence-electron chi connectivity index (χ2n) is 4.72. The van der Waals surface area contributed by atoms with Crippen LogP contribution in [0.2, 0.25) is 0 Å². The largest absolute Gasteiger partial charge is 0.493 e. The van der Waals surface area contributed by atoms with Crippen LogP contribution in [0.3, 0.4) is 0 Å². The molecule has 0 spiro atoms. The summed E-state index contributed by atoms with van der Waals surface area (Å²) in [5.74, 6) is 1.53. The van der Waals surface area contributed by atoms with E-state index in [1.165, 1.54) is 16.7 Å². The molecule has 20 heavy (non-hydrogen) atoms. The molecule has 0 atom stereocenters. The molecule has 106 valence electrons. The maximum atomic E-state index is 5.52. The summed E-state index contributed by atoms with van der Waals surface area (Å²) in [7, 11) is 5.28. The summed E-state index contributed by atoms with van der Waals surface area (Å²) in [5.41, 5.74) is 4.72. The fraction of sp³-hybridized carbons (Fsp3) is 0.294. The van der Waals surface area contributed by atoms with Crippen molar-refractivity contribution in [3.05, 3.63) is 47.5 Å². The average Bonchev–Trinajstić information content (AvgIpc) is 2.47. The summed E-state index contributed by atoms with van der Waals surface area (Å²) in [6.45, 7) is 2.99. The van der Waals surface area contributed by atoms with Gasteiger partial charge in [-0.25, -0.2) is 0 Å². The number of para-hydroxylation sites is 1. The molecule has 0 aliphatic rings. The van der Waals surface area contributed by atoms with E-state index in [0.717, 1.165) is 23.6 Å². The van der Waals surface area contributed by atoms with Gasteiger partial charge in [0.15, 0.2) is 11.5 Å². The topological polar surface area (TPSA) is 30.5 Å². The Morgan fingerprint density at radius 2 is 1.80 bits per heavy atom. The number of hydrogen-bond acceptors (Lipinski definition) is 3. The van der Waals surface area contributed by atoms with Crippen LogP contribution in [0.25, 0.3) is 11.1 Å². The first kappa shape index (κ1) is 14.4. The Bertz CT molecular complexity index is 594. The van der Waals surface area contributed by atoms with Crippen LogP contribution in [0.4, 0.5) is 0 Å². The second-order valence-corrected chi connectivity index (χ2v) is 4.72. The van der Waals surface area contributed by atoms with Crippen molar-refractivity contribution in [1.29, 1.82) is 0 Å². The summed E-state index contributed by atoms with van der Waals surface area (Å²) in [6, 6.07) is 12.4. The zero-order valence-corrected chi connectivity index (χ0v) is 12.5. The summed E-state index contributed by atoms with van der Waals surface area (Å²) in [5, 5.41) is 3.17. The molecule has 0 aliphatic heterocycles. The molecule has 0 aromatic heterocycles. The third-order valence-electron chi connectivity index (χ3n) is 3.36. The minimum atomic E-state index is 0.753. The molecule has 0 unspecified atom stereocenters. The molecule has 0 amide bonds. The summed E-state index contributed by atoms with van der Waals surface area (Å²) in [6.07, 6.45) is 0. The van der Waals surface area contributed by atoms with E-state index in [4.69, 9.17) is 9.47 Å². The van der Waals surface area contributed by atoms with Gasteiger partial charge in [-0.2, -0.15) is 0 Å². The van der Waals surface area contributed by atoms with Crippen molar-refractivity contribution < 1.29 is 9.47 Å². The van der Waals surface area contributed by atoms with Crippen LogP contribution in [0.5, 0.6) is 11.5 Å². The molecule has 0 heterocycles. The number of aryl methyl sites for hydroxylation is 1. The average molecular weight is 271 g/mol. The van der Waals surface area contributed by atoms with Crippen molar-refractivity contribution in [1.82, 2.24) is 5.32 Å². The van der Waals surface area contributed by atoms with Gasteiger partial charge in [0.25, 0.3) is 0 Å². The van der Waals surface area contributed by atoms with Gasteiger partial charge in [-0.05, 0) is 36.7 Å². The first-order valence-electron chi connectivity index (χ1n) is 6.66. The fourth-order valence-corrected chi connectivity index (χ4v) is 2.44. The van der Waals surface area contributed by atoms with Gasteiger partial charge >= 0.3 is 0 Å². The Hall–Kier alpha value is -2.00. The Labute approximate surface area is 120 Å². The van der Waals surface area contributed by atoms with Crippen molar-refractivity contribution in [2.75, 3.05) is 21.3 Å². The lowest BCUT2D eigenvalue weighted by molar-refractivity contribution is 0.356. The molecule has 3 heteroatoms. The van der Waals surface area contributed by atoms with Gasteiger partial charge in [-0.1, -0.05) is 30.3 Å². The van der Waals surface area contributed by atoms with E-state index >= 15 is 0 Å². The molecule has 0 saturated heterocycles. The van der Waals surface area contributed by atoms with Crippen LogP contribution in [-0.4, -0.2) is 21.3 Å². The zero-order chi connectivity index (χ0) is 14.5. The zero-order valence-electron chi connectivity index (χ0n) is 12.5. The van der Waals surface area contributed by atoms with E-state index in [1.54, 1.807) is 14.2 Å². The number of benzene rings is 2. The van der Waals surface area contributed by atoms with Crippen molar-refractivity contribution in [3.8, 4) is 22.6 Å². The SMILES string of the molecule is CNCc1ccc(-c2cccc(OC)c2OC)c(C)c1. The highest BCUT2D eigenvalue weighted by Crippen LogP contribution is 2.39. The molecular formula is C17H21NO2. The van der Waals surface area contributed by atoms with Gasteiger partial charge in [0.2, 0.25) is 0 Å². The maximum absolute atomic E-state index is 5.52. The van der Waals surface area contributed by atoms with E-state index in [-0.39, 0.29) is 0 Å². The molecule has 0 bridgehead atoms. The van der Waals surface area contributed by atoms with E-state index in [1.807, 2.05) is 19.2 Å². The van der Waals surface area contributed by atoms with Crippen molar-refractivity contribution in [2.24, 2.45) is 0 Å². The molecule has 3 nitrogen and oxygen atoms in total. The number of hydrogen-bond donors (Lipinski definition) is 1. The number of nitrogens with one attached hydrogen (secondary N) is 1. The highest BCUT2D eigenvalue weighted by atomic mass is 16.5. The van der Waals surface area contributed by atoms with Crippen molar-refractivity contribution >= 4 is 0 Å². The standard InChI is InChI=1S/C17H21NO2/c1-12-10-13(11-18-2)8-9-14(12)15-6-5-7-16(19-3)17(15)20-4/h5-10,18H,11H2,1-4H3. The Kier molecular flexibility index (Phi) is 4.64. The normalized spacial score (nSPS) is 10.4. The fourth-order valence-electron chi connectivity index (χ4n) is 2.44. The molecule has 0 aliphatic carbocycles. The monoisotopic (exact) mass is 271 g/mol. The van der Waals surface area contributed by atoms with Crippen LogP contribution in [0.15, 0.2) is 36.4 Å². The van der Waals surface area contributed by atoms with E-state index in [2.05, 4.69) is 36.5 Å². The molecule has 2 aromatic rings. The smallest absolute Gasteiger partial charge is 0.168 e. The summed E-state index contributed by atoms with van der Waals surface area (Å²) < 4.78 is 10.9. The van der Waals surface area contributed by atoms with Gasteiger partial charge in [-0.15, -0.1) is 0 Å². The van der Waals surface area contributed by atoms with Crippen LogP contribution < -0.4 is 14.8 Å². The Balaban J connectivity index is 2.51. The first-order valence-corrected chi connectivity index (χ1v) is 6.66. The second kappa shape index (κ2) is 6.44. The lowest BCUT2D eigenvalue weighted by atomic mass is 9.97. The lowest BCUT2D eigenvalue weighted by Crippen LogP contribution is -2.05. The minimum absolute atomic E-state index is 0.753. The number of ether oxygens (including phenoxy) is 2. The summed E-state index contributed by atoms with van der Waals surface area (Å²) >= 11 is 0. The highest BCUT2D eigenvalue weighted by molar-refractivity contribution is 5.76. The predicted molar refractivity (Wildman–Crippen MR) is 82.5 cm³/mol. The molecule has 0 radical (unpaired) electrons. The van der Waals surface area contributed by atoms with Gasteiger partial charge < -0.3 is 14.8 Å². The van der Waals surface area contributed by atoms with Gasteiger partial charge in [0, 0.05) is 12.1 Å². The maximum Gasteiger partial charge on any atom is 0.168 e. The number of rotatable bonds is 5. The van der Waals surface area contributed by atoms with E-state index in [0.29, 0.717) is 0 Å². The molecule has 0 fully saturated rings. The predicted octanol–water partition coefficient (Wildman–Crippen LogP) is 3.40. The van der Waals surface area contributed by atoms with Gasteiger partial charge in [0.1, 0.15) is 0 Å². The molecular weight excluding hydrogens is 250 g/mol. The third kappa shape index (κ3) is 2.78. The van der Waals surface area contributed by atoms with Gasteiger partial charge in [-0.3, -0.25) is 0 Å². The molecule has 2 rings (SSSR count). The molecule has 1 N–H and O–H groups in total. The molecule has 2 aromatic carbocycles. The van der Waals surface area contributed by atoms with Crippen molar-refractivity contribution in [3.63, 3.8) is 0 Å². The van der Waals surface area contributed by atoms with Gasteiger partial charge in [0.05, 0.1) is 14.2 Å². The van der Waals surface area contributed by atoms with Crippen LogP contribution in [-0.2, 0) is 6.54 Å². The highest BCUT2D eigenvalue weighted by Gasteiger charge is 2.13. The quantitative estimate of drug-likeness (QED) is 0.904. The van der Waals surface area contributed by atoms with E-state index < -0.39 is 0 Å². The molecule has 0 saturated carbocycles. The Morgan fingerprint density at radius 1 is 1.00 bits per heavy atom. The van der Waals surface area contributed by atoms with Crippen molar-refractivity contribution in [2.45, 2.75) is 13.5 Å².